The number of carbonyl (C=O) groups excluding carboxylic acids is 1. The van der Waals surface area contributed by atoms with Crippen LogP contribution in [0, 0.1) is 18.3 Å². The normalized spacial score (nSPS) is 10.4. The zero-order valence-corrected chi connectivity index (χ0v) is 18.2. The molecule has 6 heteroatoms. The van der Waals surface area contributed by atoms with Crippen molar-refractivity contribution < 1.29 is 13.9 Å². The van der Waals surface area contributed by atoms with Crippen LogP contribution < -0.4 is 10.1 Å². The second kappa shape index (κ2) is 10.3. The molecule has 0 aliphatic rings. The Hall–Kier alpha value is -4.37. The Morgan fingerprint density at radius 2 is 1.76 bits per heavy atom. The number of anilines is 1. The fourth-order valence-corrected chi connectivity index (χ4v) is 3.37. The first-order chi connectivity index (χ1) is 16.1. The van der Waals surface area contributed by atoms with E-state index in [0.717, 1.165) is 16.7 Å². The summed E-state index contributed by atoms with van der Waals surface area (Å²) in [7, 11) is 0. The molecule has 33 heavy (non-hydrogen) atoms. The highest BCUT2D eigenvalue weighted by molar-refractivity contribution is 5.92. The molecule has 1 amide bonds. The third kappa shape index (κ3) is 5.66. The first kappa shape index (κ1) is 21.8. The van der Waals surface area contributed by atoms with E-state index >= 15 is 0 Å². The fraction of sp³-hybridized carbons (Fsp3) is 0.148. The number of para-hydroxylation sites is 1. The Morgan fingerprint density at radius 1 is 1.03 bits per heavy atom. The van der Waals surface area contributed by atoms with Gasteiger partial charge in [0.25, 0.3) is 0 Å². The number of aromatic nitrogens is 1. The molecule has 3 aromatic carbocycles. The molecule has 0 spiro atoms. The summed E-state index contributed by atoms with van der Waals surface area (Å²) in [5.74, 6) is 1.65. The van der Waals surface area contributed by atoms with Gasteiger partial charge in [-0.1, -0.05) is 48.5 Å². The highest BCUT2D eigenvalue weighted by Crippen LogP contribution is 2.23. The van der Waals surface area contributed by atoms with Crippen LogP contribution in [-0.2, 0) is 24.2 Å². The van der Waals surface area contributed by atoms with Gasteiger partial charge in [-0.2, -0.15) is 5.26 Å². The summed E-state index contributed by atoms with van der Waals surface area (Å²) in [5, 5.41) is 11.7. The monoisotopic (exact) mass is 437 g/mol. The van der Waals surface area contributed by atoms with Crippen molar-refractivity contribution in [2.75, 3.05) is 5.32 Å². The van der Waals surface area contributed by atoms with Crippen LogP contribution in [-0.4, -0.2) is 10.9 Å². The minimum absolute atomic E-state index is 0.109. The molecular weight excluding hydrogens is 414 g/mol. The SMILES string of the molecule is Cc1oc(-c2ccccc2)nc1CC(=O)Nc1ccccc1COc1ccc(CC#N)cc1. The Bertz CT molecular complexity index is 1270. The Kier molecular flexibility index (Phi) is 6.81. The molecule has 0 aliphatic heterocycles. The van der Waals surface area contributed by atoms with Gasteiger partial charge in [0, 0.05) is 16.8 Å². The topological polar surface area (TPSA) is 88.2 Å². The van der Waals surface area contributed by atoms with Gasteiger partial charge in [0.1, 0.15) is 18.1 Å². The molecule has 4 rings (SSSR count). The molecule has 0 unspecified atom stereocenters. The lowest BCUT2D eigenvalue weighted by Crippen LogP contribution is -2.16. The summed E-state index contributed by atoms with van der Waals surface area (Å²) in [6.45, 7) is 2.11. The zero-order chi connectivity index (χ0) is 23.0. The average molecular weight is 437 g/mol. The fourth-order valence-electron chi connectivity index (χ4n) is 3.37. The predicted molar refractivity (Wildman–Crippen MR) is 126 cm³/mol. The number of aryl methyl sites for hydroxylation is 1. The number of oxazole rings is 1. The number of amides is 1. The van der Waals surface area contributed by atoms with E-state index in [9.17, 15) is 4.79 Å². The van der Waals surface area contributed by atoms with Gasteiger partial charge in [0.05, 0.1) is 24.6 Å². The van der Waals surface area contributed by atoms with Crippen molar-refractivity contribution >= 4 is 11.6 Å². The molecule has 0 fully saturated rings. The Labute approximate surface area is 192 Å². The molecule has 4 aromatic rings. The highest BCUT2D eigenvalue weighted by Gasteiger charge is 2.15. The highest BCUT2D eigenvalue weighted by atomic mass is 16.5. The van der Waals surface area contributed by atoms with E-state index < -0.39 is 0 Å². The van der Waals surface area contributed by atoms with Gasteiger partial charge in [-0.05, 0) is 42.8 Å². The third-order valence-corrected chi connectivity index (χ3v) is 5.13. The van der Waals surface area contributed by atoms with E-state index in [1.807, 2.05) is 85.8 Å². The smallest absolute Gasteiger partial charge is 0.230 e. The molecule has 164 valence electrons. The second-order valence-corrected chi connectivity index (χ2v) is 7.54. The van der Waals surface area contributed by atoms with Crippen LogP contribution in [0.2, 0.25) is 0 Å². The number of rotatable bonds is 8. The van der Waals surface area contributed by atoms with E-state index in [0.29, 0.717) is 41.8 Å². The van der Waals surface area contributed by atoms with Gasteiger partial charge in [-0.15, -0.1) is 0 Å². The summed E-state index contributed by atoms with van der Waals surface area (Å²) in [5.41, 5.74) is 3.96. The van der Waals surface area contributed by atoms with Gasteiger partial charge in [-0.3, -0.25) is 4.79 Å². The lowest BCUT2D eigenvalue weighted by Gasteiger charge is -2.12. The maximum atomic E-state index is 12.7. The molecule has 6 nitrogen and oxygen atoms in total. The van der Waals surface area contributed by atoms with Gasteiger partial charge in [-0.25, -0.2) is 4.98 Å². The summed E-state index contributed by atoms with van der Waals surface area (Å²) >= 11 is 0. The zero-order valence-electron chi connectivity index (χ0n) is 18.2. The molecule has 0 saturated carbocycles. The number of nitrogens with zero attached hydrogens (tertiary/aromatic N) is 2. The molecule has 0 saturated heterocycles. The van der Waals surface area contributed by atoms with Crippen molar-refractivity contribution in [3.8, 4) is 23.3 Å². The van der Waals surface area contributed by atoms with E-state index in [-0.39, 0.29) is 12.3 Å². The summed E-state index contributed by atoms with van der Waals surface area (Å²) in [6, 6.07) is 26.7. The molecule has 0 radical (unpaired) electrons. The standard InChI is InChI=1S/C27H23N3O3/c1-19-25(30-27(33-19)21-7-3-2-4-8-21)17-26(31)29-24-10-6-5-9-22(24)18-32-23-13-11-20(12-14-23)15-16-28/h2-14H,15,17-18H2,1H3,(H,29,31). The van der Waals surface area contributed by atoms with Crippen LogP contribution in [0.3, 0.4) is 0 Å². The Morgan fingerprint density at radius 3 is 2.52 bits per heavy atom. The van der Waals surface area contributed by atoms with E-state index in [4.69, 9.17) is 14.4 Å². The van der Waals surface area contributed by atoms with Crippen molar-refractivity contribution in [2.45, 2.75) is 26.4 Å². The molecule has 1 aromatic heterocycles. The number of carbonyl (C=O) groups is 1. The van der Waals surface area contributed by atoms with Crippen LogP contribution in [0.15, 0.2) is 83.3 Å². The molecule has 1 heterocycles. The first-order valence-electron chi connectivity index (χ1n) is 10.6. The van der Waals surface area contributed by atoms with Gasteiger partial charge < -0.3 is 14.5 Å². The van der Waals surface area contributed by atoms with E-state index in [1.165, 1.54) is 0 Å². The van der Waals surface area contributed by atoms with Crippen molar-refractivity contribution in [2.24, 2.45) is 0 Å². The molecular formula is C27H23N3O3. The van der Waals surface area contributed by atoms with Gasteiger partial charge in [0.2, 0.25) is 11.8 Å². The van der Waals surface area contributed by atoms with Crippen molar-refractivity contribution in [1.82, 2.24) is 4.98 Å². The van der Waals surface area contributed by atoms with Crippen LogP contribution in [0.1, 0.15) is 22.6 Å². The largest absolute Gasteiger partial charge is 0.489 e. The first-order valence-corrected chi connectivity index (χ1v) is 10.6. The molecule has 0 bridgehead atoms. The molecule has 0 aliphatic carbocycles. The number of hydrogen-bond acceptors (Lipinski definition) is 5. The van der Waals surface area contributed by atoms with Crippen molar-refractivity contribution in [3.05, 3.63) is 101 Å². The van der Waals surface area contributed by atoms with Crippen LogP contribution >= 0.6 is 0 Å². The van der Waals surface area contributed by atoms with Crippen LogP contribution in [0.5, 0.6) is 5.75 Å². The van der Waals surface area contributed by atoms with E-state index in [1.54, 1.807) is 0 Å². The lowest BCUT2D eigenvalue weighted by molar-refractivity contribution is -0.115. The quantitative estimate of drug-likeness (QED) is 0.394. The number of nitrogens with one attached hydrogen (secondary N) is 1. The maximum Gasteiger partial charge on any atom is 0.230 e. The van der Waals surface area contributed by atoms with Crippen LogP contribution in [0.4, 0.5) is 5.69 Å². The molecule has 0 atom stereocenters. The summed E-state index contributed by atoms with van der Waals surface area (Å²) in [4.78, 5) is 17.3. The Balaban J connectivity index is 1.40. The third-order valence-electron chi connectivity index (χ3n) is 5.13. The summed E-state index contributed by atoms with van der Waals surface area (Å²) in [6.07, 6.45) is 0.477. The molecule has 1 N–H and O–H groups in total. The minimum Gasteiger partial charge on any atom is -0.489 e. The number of benzene rings is 3. The minimum atomic E-state index is -0.181. The predicted octanol–water partition coefficient (Wildman–Crippen LogP) is 5.48. The van der Waals surface area contributed by atoms with Crippen molar-refractivity contribution in [3.63, 3.8) is 0 Å². The van der Waals surface area contributed by atoms with Gasteiger partial charge in [0.15, 0.2) is 0 Å². The lowest BCUT2D eigenvalue weighted by atomic mass is 10.1. The maximum absolute atomic E-state index is 12.7. The summed E-state index contributed by atoms with van der Waals surface area (Å²) < 4.78 is 11.6. The number of hydrogen-bond donors (Lipinski definition) is 1. The number of nitriles is 1. The van der Waals surface area contributed by atoms with Gasteiger partial charge >= 0.3 is 0 Å². The van der Waals surface area contributed by atoms with Crippen molar-refractivity contribution in [1.29, 1.82) is 5.26 Å². The number of ether oxygens (including phenoxy) is 1. The second-order valence-electron chi connectivity index (χ2n) is 7.54. The van der Waals surface area contributed by atoms with Crippen LogP contribution in [0.25, 0.3) is 11.5 Å². The average Bonchev–Trinajstić information content (AvgIpc) is 3.20. The van der Waals surface area contributed by atoms with E-state index in [2.05, 4.69) is 16.4 Å².